The molecule has 2 saturated heterocycles. The smallest absolute Gasteiger partial charge is 0.269 e. The second kappa shape index (κ2) is 7.62. The maximum atomic E-state index is 12.7. The van der Waals surface area contributed by atoms with Crippen molar-refractivity contribution in [2.45, 2.75) is 38.1 Å². The van der Waals surface area contributed by atoms with Crippen molar-refractivity contribution in [3.8, 4) is 11.3 Å². The van der Waals surface area contributed by atoms with Gasteiger partial charge >= 0.3 is 0 Å². The van der Waals surface area contributed by atoms with E-state index in [9.17, 15) is 4.79 Å². The van der Waals surface area contributed by atoms with Gasteiger partial charge in [0.2, 0.25) is 0 Å². The zero-order valence-corrected chi connectivity index (χ0v) is 15.5. The number of piperidine rings is 2. The maximum absolute atomic E-state index is 12.7. The molecule has 0 saturated carbocycles. The Balaban J connectivity index is 1.41. The van der Waals surface area contributed by atoms with Gasteiger partial charge in [-0.2, -0.15) is 5.10 Å². The fourth-order valence-electron chi connectivity index (χ4n) is 4.56. The molecule has 0 radical (unpaired) electrons. The Morgan fingerprint density at radius 1 is 1.15 bits per heavy atom. The lowest BCUT2D eigenvalue weighted by atomic mass is 9.83. The summed E-state index contributed by atoms with van der Waals surface area (Å²) in [5.74, 6) is 0.560. The number of nitrogens with one attached hydrogen (secondary N) is 1. The van der Waals surface area contributed by atoms with Gasteiger partial charge in [-0.25, -0.2) is 0 Å². The quantitative estimate of drug-likeness (QED) is 0.920. The Hall–Kier alpha value is -2.14. The van der Waals surface area contributed by atoms with Crippen LogP contribution in [0.25, 0.3) is 11.3 Å². The number of aryl methyl sites for hydroxylation is 1. The Bertz CT molecular complexity index is 753. The standard InChI is InChI=1S/C21H28N4O/c1-24-20(14-18(23-24)16-8-3-2-4-9-16)21(26)22-15-17-10-7-13-25-12-6-5-11-19(17)25/h2-4,8-9,14,17,19H,5-7,10-13,15H2,1H3,(H,22,26)/t17-,19-/m1/s1. The highest BCUT2D eigenvalue weighted by atomic mass is 16.2. The summed E-state index contributed by atoms with van der Waals surface area (Å²) in [4.78, 5) is 15.4. The highest BCUT2D eigenvalue weighted by Crippen LogP contribution is 2.30. The number of carbonyl (C=O) groups excluding carboxylic acids is 1. The van der Waals surface area contributed by atoms with E-state index >= 15 is 0 Å². The summed E-state index contributed by atoms with van der Waals surface area (Å²) in [6, 6.07) is 12.5. The Labute approximate surface area is 155 Å². The second-order valence-corrected chi connectivity index (χ2v) is 7.62. The molecule has 2 aliphatic rings. The lowest BCUT2D eigenvalue weighted by molar-refractivity contribution is 0.0574. The number of carbonyl (C=O) groups is 1. The molecule has 5 nitrogen and oxygen atoms in total. The lowest BCUT2D eigenvalue weighted by Gasteiger charge is -2.44. The molecule has 0 bridgehead atoms. The molecule has 1 N–H and O–H groups in total. The van der Waals surface area contributed by atoms with Crippen LogP contribution in [-0.4, -0.2) is 46.3 Å². The number of hydrogen-bond acceptors (Lipinski definition) is 3. The predicted octanol–water partition coefficient (Wildman–Crippen LogP) is 3.08. The van der Waals surface area contributed by atoms with Crippen molar-refractivity contribution >= 4 is 5.91 Å². The van der Waals surface area contributed by atoms with Crippen LogP contribution in [0.4, 0.5) is 0 Å². The second-order valence-electron chi connectivity index (χ2n) is 7.62. The molecular formula is C21H28N4O. The fraction of sp³-hybridized carbons (Fsp3) is 0.524. The van der Waals surface area contributed by atoms with Gasteiger partial charge in [-0.3, -0.25) is 9.48 Å². The molecule has 2 aromatic rings. The third-order valence-electron chi connectivity index (χ3n) is 5.94. The molecule has 2 aliphatic heterocycles. The van der Waals surface area contributed by atoms with E-state index in [2.05, 4.69) is 15.3 Å². The van der Waals surface area contributed by atoms with E-state index in [0.29, 0.717) is 17.7 Å². The van der Waals surface area contributed by atoms with Gasteiger partial charge < -0.3 is 10.2 Å². The summed E-state index contributed by atoms with van der Waals surface area (Å²) in [5.41, 5.74) is 2.50. The Kier molecular flexibility index (Phi) is 5.07. The summed E-state index contributed by atoms with van der Waals surface area (Å²) < 4.78 is 1.69. The summed E-state index contributed by atoms with van der Waals surface area (Å²) in [6.45, 7) is 3.24. The van der Waals surface area contributed by atoms with E-state index in [-0.39, 0.29) is 5.91 Å². The summed E-state index contributed by atoms with van der Waals surface area (Å²) in [5, 5.41) is 7.69. The molecule has 1 amide bonds. The number of benzene rings is 1. The van der Waals surface area contributed by atoms with Gasteiger partial charge in [-0.05, 0) is 50.8 Å². The topological polar surface area (TPSA) is 50.2 Å². The van der Waals surface area contributed by atoms with Crippen molar-refractivity contribution in [3.05, 3.63) is 42.1 Å². The third-order valence-corrected chi connectivity index (χ3v) is 5.94. The predicted molar refractivity (Wildman–Crippen MR) is 103 cm³/mol. The minimum atomic E-state index is -0.0184. The first-order chi connectivity index (χ1) is 12.7. The van der Waals surface area contributed by atoms with Gasteiger partial charge in [-0.15, -0.1) is 0 Å². The van der Waals surface area contributed by atoms with Crippen LogP contribution in [-0.2, 0) is 7.05 Å². The molecule has 3 heterocycles. The summed E-state index contributed by atoms with van der Waals surface area (Å²) >= 11 is 0. The first-order valence-electron chi connectivity index (χ1n) is 9.84. The third kappa shape index (κ3) is 3.54. The van der Waals surface area contributed by atoms with E-state index in [4.69, 9.17) is 0 Å². The average molecular weight is 352 g/mol. The highest BCUT2D eigenvalue weighted by molar-refractivity contribution is 5.93. The Morgan fingerprint density at radius 2 is 1.96 bits per heavy atom. The SMILES string of the molecule is Cn1nc(-c2ccccc2)cc1C(=O)NC[C@H]1CCCN2CCCC[C@H]12. The van der Waals surface area contributed by atoms with Crippen LogP contribution in [0.3, 0.4) is 0 Å². The molecule has 5 heteroatoms. The van der Waals surface area contributed by atoms with Crippen LogP contribution in [0.5, 0.6) is 0 Å². The molecule has 2 atom stereocenters. The van der Waals surface area contributed by atoms with Gasteiger partial charge in [0.15, 0.2) is 0 Å². The van der Waals surface area contributed by atoms with Gasteiger partial charge in [-0.1, -0.05) is 36.8 Å². The summed E-state index contributed by atoms with van der Waals surface area (Å²) in [6.07, 6.45) is 6.41. The van der Waals surface area contributed by atoms with E-state index < -0.39 is 0 Å². The molecule has 0 spiro atoms. The number of amides is 1. The molecule has 0 aliphatic carbocycles. The molecule has 0 unspecified atom stereocenters. The molecule has 4 rings (SSSR count). The number of fused-ring (bicyclic) bond motifs is 1. The van der Waals surface area contributed by atoms with Crippen LogP contribution < -0.4 is 5.32 Å². The van der Waals surface area contributed by atoms with E-state index in [1.54, 1.807) is 4.68 Å². The molecule has 1 aromatic carbocycles. The fourth-order valence-corrected chi connectivity index (χ4v) is 4.56. The lowest BCUT2D eigenvalue weighted by Crippen LogP contribution is -2.51. The molecule has 138 valence electrons. The van der Waals surface area contributed by atoms with E-state index in [1.807, 2.05) is 43.4 Å². The van der Waals surface area contributed by atoms with Crippen molar-refractivity contribution in [1.29, 1.82) is 0 Å². The summed E-state index contributed by atoms with van der Waals surface area (Å²) in [7, 11) is 1.84. The van der Waals surface area contributed by atoms with E-state index in [1.165, 1.54) is 45.2 Å². The number of nitrogens with zero attached hydrogens (tertiary/aromatic N) is 3. The molecule has 1 aromatic heterocycles. The zero-order valence-electron chi connectivity index (χ0n) is 15.5. The van der Waals surface area contributed by atoms with E-state index in [0.717, 1.165) is 17.8 Å². The van der Waals surface area contributed by atoms with Crippen LogP contribution >= 0.6 is 0 Å². The van der Waals surface area contributed by atoms with Crippen molar-refractivity contribution in [2.24, 2.45) is 13.0 Å². The highest BCUT2D eigenvalue weighted by Gasteiger charge is 2.33. The monoisotopic (exact) mass is 352 g/mol. The van der Waals surface area contributed by atoms with Crippen molar-refractivity contribution < 1.29 is 4.79 Å². The molecular weight excluding hydrogens is 324 g/mol. The molecule has 2 fully saturated rings. The largest absolute Gasteiger partial charge is 0.350 e. The van der Waals surface area contributed by atoms with Crippen LogP contribution in [0.1, 0.15) is 42.6 Å². The zero-order chi connectivity index (χ0) is 17.9. The van der Waals surface area contributed by atoms with Crippen LogP contribution in [0.2, 0.25) is 0 Å². The molecule has 26 heavy (non-hydrogen) atoms. The van der Waals surface area contributed by atoms with Crippen LogP contribution in [0.15, 0.2) is 36.4 Å². The van der Waals surface area contributed by atoms with Crippen LogP contribution in [0, 0.1) is 5.92 Å². The minimum Gasteiger partial charge on any atom is -0.350 e. The first kappa shape index (κ1) is 17.3. The number of rotatable bonds is 4. The normalized spacial score (nSPS) is 23.4. The minimum absolute atomic E-state index is 0.0184. The van der Waals surface area contributed by atoms with Crippen molar-refractivity contribution in [2.75, 3.05) is 19.6 Å². The number of hydrogen-bond donors (Lipinski definition) is 1. The van der Waals surface area contributed by atoms with Crippen molar-refractivity contribution in [3.63, 3.8) is 0 Å². The van der Waals surface area contributed by atoms with Crippen molar-refractivity contribution in [1.82, 2.24) is 20.0 Å². The average Bonchev–Trinajstić information content (AvgIpc) is 3.08. The van der Waals surface area contributed by atoms with Gasteiger partial charge in [0.05, 0.1) is 5.69 Å². The first-order valence-corrected chi connectivity index (χ1v) is 9.84. The maximum Gasteiger partial charge on any atom is 0.269 e. The number of aromatic nitrogens is 2. The van der Waals surface area contributed by atoms with Gasteiger partial charge in [0, 0.05) is 25.2 Å². The Morgan fingerprint density at radius 3 is 2.81 bits per heavy atom. The van der Waals surface area contributed by atoms with Gasteiger partial charge in [0.25, 0.3) is 5.91 Å². The van der Waals surface area contributed by atoms with Gasteiger partial charge in [0.1, 0.15) is 5.69 Å².